The Kier molecular flexibility index (Phi) is 10.0. The van der Waals surface area contributed by atoms with Crippen molar-refractivity contribution in [3.05, 3.63) is 71.0 Å². The largest absolute Gasteiger partial charge is 0.357 e. The molecular formula is C23H29FIN5. The van der Waals surface area contributed by atoms with Crippen LogP contribution < -0.4 is 10.6 Å². The first-order chi connectivity index (χ1) is 14.2. The molecule has 0 bridgehead atoms. The molecule has 2 aromatic rings. The average molecular weight is 521 g/mol. The van der Waals surface area contributed by atoms with Crippen LogP contribution in [-0.2, 0) is 13.1 Å². The lowest BCUT2D eigenvalue weighted by Gasteiger charge is -2.34. The number of nitrogens with zero attached hydrogens (tertiary/aromatic N) is 3. The van der Waals surface area contributed by atoms with Crippen molar-refractivity contribution in [2.75, 3.05) is 19.6 Å². The van der Waals surface area contributed by atoms with E-state index >= 15 is 0 Å². The van der Waals surface area contributed by atoms with Crippen LogP contribution in [0.15, 0.2) is 53.5 Å². The van der Waals surface area contributed by atoms with Crippen molar-refractivity contribution in [3.8, 4) is 6.07 Å². The Balaban J connectivity index is 0.00000320. The van der Waals surface area contributed by atoms with E-state index in [2.05, 4.69) is 44.8 Å². The van der Waals surface area contributed by atoms with Gasteiger partial charge in [-0.2, -0.15) is 5.26 Å². The Morgan fingerprint density at radius 1 is 1.27 bits per heavy atom. The fourth-order valence-electron chi connectivity index (χ4n) is 3.58. The molecule has 1 unspecified atom stereocenters. The Labute approximate surface area is 195 Å². The molecule has 0 spiro atoms. The predicted octanol–water partition coefficient (Wildman–Crippen LogP) is 4.04. The Hall–Kier alpha value is -2.18. The van der Waals surface area contributed by atoms with Gasteiger partial charge in [-0.3, -0.25) is 4.90 Å². The molecule has 2 aromatic carbocycles. The Bertz CT molecular complexity index is 866. The highest BCUT2D eigenvalue weighted by Crippen LogP contribution is 2.14. The third kappa shape index (κ3) is 7.26. The number of hydrogen-bond donors (Lipinski definition) is 2. The van der Waals surface area contributed by atoms with Crippen molar-refractivity contribution >= 4 is 29.9 Å². The molecule has 1 heterocycles. The molecule has 30 heavy (non-hydrogen) atoms. The van der Waals surface area contributed by atoms with Crippen LogP contribution in [0.4, 0.5) is 4.39 Å². The highest BCUT2D eigenvalue weighted by atomic mass is 127. The lowest BCUT2D eigenvalue weighted by molar-refractivity contribution is 0.192. The van der Waals surface area contributed by atoms with Crippen molar-refractivity contribution in [2.45, 2.75) is 38.9 Å². The molecule has 1 atom stereocenters. The van der Waals surface area contributed by atoms with Crippen molar-refractivity contribution in [2.24, 2.45) is 4.99 Å². The predicted molar refractivity (Wildman–Crippen MR) is 129 cm³/mol. The number of rotatable bonds is 6. The summed E-state index contributed by atoms with van der Waals surface area (Å²) in [5, 5.41) is 15.6. The molecule has 160 valence electrons. The second-order valence-electron chi connectivity index (χ2n) is 7.32. The molecule has 0 aromatic heterocycles. The third-order valence-electron chi connectivity index (χ3n) is 5.03. The lowest BCUT2D eigenvalue weighted by atomic mass is 10.0. The van der Waals surface area contributed by atoms with Crippen molar-refractivity contribution in [3.63, 3.8) is 0 Å². The molecule has 2 N–H and O–H groups in total. The highest BCUT2D eigenvalue weighted by Gasteiger charge is 2.20. The molecule has 3 rings (SSSR count). The molecular weight excluding hydrogens is 492 g/mol. The minimum atomic E-state index is -0.393. The average Bonchev–Trinajstić information content (AvgIpc) is 2.74. The van der Waals surface area contributed by atoms with Gasteiger partial charge in [0.25, 0.3) is 0 Å². The Morgan fingerprint density at radius 2 is 2.07 bits per heavy atom. The minimum Gasteiger partial charge on any atom is -0.357 e. The van der Waals surface area contributed by atoms with E-state index in [4.69, 9.17) is 5.26 Å². The van der Waals surface area contributed by atoms with E-state index in [-0.39, 0.29) is 30.5 Å². The van der Waals surface area contributed by atoms with Gasteiger partial charge in [-0.25, -0.2) is 9.38 Å². The first-order valence-corrected chi connectivity index (χ1v) is 10.2. The Morgan fingerprint density at radius 3 is 2.77 bits per heavy atom. The van der Waals surface area contributed by atoms with Crippen LogP contribution in [0.2, 0.25) is 0 Å². The topological polar surface area (TPSA) is 63.5 Å². The fraction of sp³-hybridized carbons (Fsp3) is 0.391. The molecule has 5 nitrogen and oxygen atoms in total. The molecule has 0 saturated carbocycles. The van der Waals surface area contributed by atoms with Crippen LogP contribution in [0.3, 0.4) is 0 Å². The molecule has 0 amide bonds. The lowest BCUT2D eigenvalue weighted by Crippen LogP contribution is -2.51. The number of hydrogen-bond acceptors (Lipinski definition) is 3. The summed E-state index contributed by atoms with van der Waals surface area (Å²) in [6.45, 7) is 5.97. The monoisotopic (exact) mass is 521 g/mol. The van der Waals surface area contributed by atoms with Crippen LogP contribution in [0.1, 0.15) is 36.5 Å². The maximum Gasteiger partial charge on any atom is 0.191 e. The van der Waals surface area contributed by atoms with Gasteiger partial charge in [0.1, 0.15) is 5.82 Å². The first kappa shape index (κ1) is 24.1. The summed E-state index contributed by atoms with van der Waals surface area (Å²) >= 11 is 0. The summed E-state index contributed by atoms with van der Waals surface area (Å²) in [4.78, 5) is 7.01. The number of guanidine groups is 1. The zero-order valence-electron chi connectivity index (χ0n) is 17.3. The maximum absolute atomic E-state index is 14.1. The van der Waals surface area contributed by atoms with Gasteiger partial charge in [-0.15, -0.1) is 24.0 Å². The summed E-state index contributed by atoms with van der Waals surface area (Å²) in [7, 11) is 0. The van der Waals surface area contributed by atoms with E-state index in [1.807, 2.05) is 19.1 Å². The number of halogens is 2. The van der Waals surface area contributed by atoms with Gasteiger partial charge in [0.05, 0.1) is 18.2 Å². The number of nitrogens with one attached hydrogen (secondary N) is 2. The third-order valence-corrected chi connectivity index (χ3v) is 5.03. The van der Waals surface area contributed by atoms with Gasteiger partial charge < -0.3 is 10.6 Å². The maximum atomic E-state index is 14.1. The second kappa shape index (κ2) is 12.5. The molecule has 0 radical (unpaired) electrons. The SMILES string of the molecule is CCNC(=NCc1ccc(C#N)cc1F)NC1CCCN(Cc2ccccc2)C1.I. The summed E-state index contributed by atoms with van der Waals surface area (Å²) in [6.07, 6.45) is 2.22. The minimum absolute atomic E-state index is 0. The van der Waals surface area contributed by atoms with Gasteiger partial charge in [0.15, 0.2) is 5.96 Å². The normalized spacial score (nSPS) is 17.0. The smallest absolute Gasteiger partial charge is 0.191 e. The highest BCUT2D eigenvalue weighted by molar-refractivity contribution is 14.0. The van der Waals surface area contributed by atoms with Crippen molar-refractivity contribution in [1.29, 1.82) is 5.26 Å². The van der Waals surface area contributed by atoms with Gasteiger partial charge in [0, 0.05) is 31.2 Å². The summed E-state index contributed by atoms with van der Waals surface area (Å²) in [6, 6.07) is 17.3. The van der Waals surface area contributed by atoms with Crippen molar-refractivity contribution < 1.29 is 4.39 Å². The summed E-state index contributed by atoms with van der Waals surface area (Å²) in [5.41, 5.74) is 2.13. The quantitative estimate of drug-likeness (QED) is 0.343. The van der Waals surface area contributed by atoms with Crippen LogP contribution in [0, 0.1) is 17.1 Å². The van der Waals surface area contributed by atoms with E-state index < -0.39 is 5.82 Å². The number of piperidine rings is 1. The molecule has 1 aliphatic heterocycles. The zero-order valence-corrected chi connectivity index (χ0v) is 19.6. The molecule has 1 fully saturated rings. The molecule has 1 aliphatic rings. The summed E-state index contributed by atoms with van der Waals surface area (Å²) < 4.78 is 14.1. The number of benzene rings is 2. The van der Waals surface area contributed by atoms with E-state index in [1.165, 1.54) is 11.6 Å². The summed E-state index contributed by atoms with van der Waals surface area (Å²) in [5.74, 6) is 0.304. The fourth-order valence-corrected chi connectivity index (χ4v) is 3.58. The number of aliphatic imine (C=N–C) groups is 1. The molecule has 0 aliphatic carbocycles. The van der Waals surface area contributed by atoms with Gasteiger partial charge >= 0.3 is 0 Å². The van der Waals surface area contributed by atoms with Crippen molar-refractivity contribution in [1.82, 2.24) is 15.5 Å². The van der Waals surface area contributed by atoms with E-state index in [9.17, 15) is 4.39 Å². The number of likely N-dealkylation sites (tertiary alicyclic amines) is 1. The van der Waals surface area contributed by atoms with E-state index in [0.29, 0.717) is 23.1 Å². The van der Waals surface area contributed by atoms with Crippen LogP contribution >= 0.6 is 24.0 Å². The van der Waals surface area contributed by atoms with Gasteiger partial charge in [-0.1, -0.05) is 36.4 Å². The van der Waals surface area contributed by atoms with Crippen LogP contribution in [0.25, 0.3) is 0 Å². The second-order valence-corrected chi connectivity index (χ2v) is 7.32. The first-order valence-electron chi connectivity index (χ1n) is 10.2. The molecule has 1 saturated heterocycles. The van der Waals surface area contributed by atoms with Gasteiger partial charge in [0.2, 0.25) is 0 Å². The zero-order chi connectivity index (χ0) is 20.5. The standard InChI is InChI=1S/C23H28FN5.HI/c1-2-26-23(27-15-20-11-10-19(14-25)13-22(20)24)28-21-9-6-12-29(17-21)16-18-7-4-3-5-8-18;/h3-5,7-8,10-11,13,21H,2,6,9,12,15-17H2,1H3,(H2,26,27,28);1H. The van der Waals surface area contributed by atoms with E-state index in [1.54, 1.807) is 12.1 Å². The van der Waals surface area contributed by atoms with Crippen LogP contribution in [0.5, 0.6) is 0 Å². The van der Waals surface area contributed by atoms with E-state index in [0.717, 1.165) is 39.0 Å². The number of nitriles is 1. The van der Waals surface area contributed by atoms with Crippen LogP contribution in [-0.4, -0.2) is 36.5 Å². The molecule has 7 heteroatoms. The van der Waals surface area contributed by atoms with Gasteiger partial charge in [-0.05, 0) is 44.0 Å².